The van der Waals surface area contributed by atoms with Gasteiger partial charge in [0.2, 0.25) is 0 Å². The molecule has 0 saturated heterocycles. The molecule has 86 valence electrons. The molecule has 0 spiro atoms. The Hall–Kier alpha value is -0.730. The van der Waals surface area contributed by atoms with Crippen molar-refractivity contribution in [1.29, 1.82) is 0 Å². The maximum atomic E-state index is 5.57. The molecule has 2 aliphatic rings. The van der Waals surface area contributed by atoms with Crippen molar-refractivity contribution in [3.63, 3.8) is 0 Å². The predicted molar refractivity (Wildman–Crippen MR) is 63.4 cm³/mol. The van der Waals surface area contributed by atoms with Gasteiger partial charge in [0.25, 0.3) is 0 Å². The van der Waals surface area contributed by atoms with Crippen LogP contribution in [0.2, 0.25) is 0 Å². The second-order valence-electron chi connectivity index (χ2n) is 5.92. The molecular formula is C12H23N3. The summed E-state index contributed by atoms with van der Waals surface area (Å²) >= 11 is 0. The zero-order valence-electron chi connectivity index (χ0n) is 9.87. The van der Waals surface area contributed by atoms with Crippen LogP contribution in [-0.2, 0) is 0 Å². The van der Waals surface area contributed by atoms with Crippen LogP contribution in [0.15, 0.2) is 4.99 Å². The second kappa shape index (κ2) is 3.69. The molecule has 3 heteroatoms. The van der Waals surface area contributed by atoms with E-state index in [1.165, 1.54) is 32.1 Å². The normalized spacial score (nSPS) is 44.8. The van der Waals surface area contributed by atoms with E-state index in [1.807, 2.05) is 0 Å². The largest absolute Gasteiger partial charge is 0.370 e. The first kappa shape index (κ1) is 10.8. The number of hydrogen-bond acceptors (Lipinski definition) is 1. The van der Waals surface area contributed by atoms with Gasteiger partial charge in [-0.3, -0.25) is 0 Å². The highest BCUT2D eigenvalue weighted by atomic mass is 15.0. The molecule has 2 atom stereocenters. The van der Waals surface area contributed by atoms with Gasteiger partial charge in [0, 0.05) is 0 Å². The lowest BCUT2D eigenvalue weighted by molar-refractivity contribution is 0.0853. The summed E-state index contributed by atoms with van der Waals surface area (Å²) < 4.78 is 0. The lowest BCUT2D eigenvalue weighted by Crippen LogP contribution is -2.45. The monoisotopic (exact) mass is 209 g/mol. The molecule has 3 nitrogen and oxygen atoms in total. The van der Waals surface area contributed by atoms with Crippen LogP contribution in [0.1, 0.15) is 46.0 Å². The van der Waals surface area contributed by atoms with Gasteiger partial charge < -0.3 is 11.5 Å². The molecule has 0 aliphatic heterocycles. The highest BCUT2D eigenvalue weighted by Crippen LogP contribution is 2.49. The molecule has 4 N–H and O–H groups in total. The summed E-state index contributed by atoms with van der Waals surface area (Å²) in [5, 5.41) is 0. The quantitative estimate of drug-likeness (QED) is 0.511. The minimum absolute atomic E-state index is 0.0822. The van der Waals surface area contributed by atoms with Crippen LogP contribution in [0.25, 0.3) is 0 Å². The fraction of sp³-hybridized carbons (Fsp3) is 0.917. The van der Waals surface area contributed by atoms with E-state index in [0.717, 1.165) is 17.8 Å². The zero-order valence-corrected chi connectivity index (χ0v) is 9.87. The van der Waals surface area contributed by atoms with Gasteiger partial charge in [0.1, 0.15) is 0 Å². The van der Waals surface area contributed by atoms with Crippen LogP contribution >= 0.6 is 0 Å². The average Bonchev–Trinajstić information content (AvgIpc) is 1.96. The van der Waals surface area contributed by atoms with E-state index in [4.69, 9.17) is 11.5 Å². The number of guanidine groups is 1. The second-order valence-corrected chi connectivity index (χ2v) is 5.92. The van der Waals surface area contributed by atoms with Crippen molar-refractivity contribution in [2.45, 2.75) is 51.5 Å². The fourth-order valence-electron chi connectivity index (χ4n) is 4.06. The first-order chi connectivity index (χ1) is 6.99. The number of nitrogens with zero attached hydrogens (tertiary/aromatic N) is 1. The molecule has 2 fully saturated rings. The van der Waals surface area contributed by atoms with Gasteiger partial charge in [0.15, 0.2) is 5.96 Å². The highest BCUT2D eigenvalue weighted by Gasteiger charge is 2.44. The van der Waals surface area contributed by atoms with Crippen molar-refractivity contribution in [3.8, 4) is 0 Å². The van der Waals surface area contributed by atoms with E-state index < -0.39 is 0 Å². The van der Waals surface area contributed by atoms with Crippen molar-refractivity contribution in [2.75, 3.05) is 0 Å². The van der Waals surface area contributed by atoms with Crippen molar-refractivity contribution in [2.24, 2.45) is 34.2 Å². The molecule has 2 saturated carbocycles. The lowest BCUT2D eigenvalue weighted by atomic mass is 9.61. The first-order valence-electron chi connectivity index (χ1n) is 6.10. The van der Waals surface area contributed by atoms with Crippen LogP contribution in [0.3, 0.4) is 0 Å². The minimum atomic E-state index is 0.0822. The molecule has 0 aromatic rings. The molecule has 0 amide bonds. The molecule has 2 rings (SSSR count). The van der Waals surface area contributed by atoms with E-state index in [-0.39, 0.29) is 11.5 Å². The van der Waals surface area contributed by atoms with Gasteiger partial charge in [-0.15, -0.1) is 0 Å². The highest BCUT2D eigenvalue weighted by molar-refractivity contribution is 5.76. The third kappa shape index (κ3) is 2.27. The number of rotatable bonds is 1. The summed E-state index contributed by atoms with van der Waals surface area (Å²) in [4.78, 5) is 4.56. The van der Waals surface area contributed by atoms with Gasteiger partial charge in [-0.2, -0.15) is 0 Å². The summed E-state index contributed by atoms with van der Waals surface area (Å²) in [5.41, 5.74) is 11.2. The molecule has 15 heavy (non-hydrogen) atoms. The summed E-state index contributed by atoms with van der Waals surface area (Å²) in [6.45, 7) is 4.66. The standard InChI is InChI=1S/C12H23N3/c1-8-3-10-4-9(2)6-12(5-8,7-10)15-11(13)14/h8-10H,3-7H2,1-2H3,(H4,13,14,15). The summed E-state index contributed by atoms with van der Waals surface area (Å²) in [7, 11) is 0. The van der Waals surface area contributed by atoms with Gasteiger partial charge in [-0.25, -0.2) is 4.99 Å². The zero-order chi connectivity index (χ0) is 11.1. The topological polar surface area (TPSA) is 64.4 Å². The van der Waals surface area contributed by atoms with E-state index in [1.54, 1.807) is 0 Å². The number of hydrogen-bond donors (Lipinski definition) is 2. The van der Waals surface area contributed by atoms with E-state index in [2.05, 4.69) is 18.8 Å². The smallest absolute Gasteiger partial charge is 0.186 e. The number of nitrogens with two attached hydrogens (primary N) is 2. The van der Waals surface area contributed by atoms with Crippen molar-refractivity contribution < 1.29 is 0 Å². The molecular weight excluding hydrogens is 186 g/mol. The molecule has 2 bridgehead atoms. The van der Waals surface area contributed by atoms with Crippen LogP contribution in [0.4, 0.5) is 0 Å². The minimum Gasteiger partial charge on any atom is -0.370 e. The van der Waals surface area contributed by atoms with Gasteiger partial charge in [0.05, 0.1) is 5.54 Å². The van der Waals surface area contributed by atoms with E-state index in [9.17, 15) is 0 Å². The van der Waals surface area contributed by atoms with E-state index in [0.29, 0.717) is 0 Å². The van der Waals surface area contributed by atoms with Crippen molar-refractivity contribution in [1.82, 2.24) is 0 Å². The molecule has 0 aromatic carbocycles. The van der Waals surface area contributed by atoms with Gasteiger partial charge in [-0.1, -0.05) is 13.8 Å². The molecule has 0 heterocycles. The summed E-state index contributed by atoms with van der Waals surface area (Å²) in [6, 6.07) is 0. The third-order valence-electron chi connectivity index (χ3n) is 3.96. The Kier molecular flexibility index (Phi) is 2.65. The Labute approximate surface area is 92.3 Å². The van der Waals surface area contributed by atoms with Gasteiger partial charge in [-0.05, 0) is 49.9 Å². The van der Waals surface area contributed by atoms with Crippen molar-refractivity contribution >= 4 is 5.96 Å². The van der Waals surface area contributed by atoms with E-state index >= 15 is 0 Å². The Morgan fingerprint density at radius 2 is 1.60 bits per heavy atom. The van der Waals surface area contributed by atoms with Crippen LogP contribution < -0.4 is 11.5 Å². The summed E-state index contributed by atoms with van der Waals surface area (Å²) in [6.07, 6.45) is 6.29. The molecule has 2 unspecified atom stereocenters. The predicted octanol–water partition coefficient (Wildman–Crippen LogP) is 1.86. The Morgan fingerprint density at radius 1 is 1.07 bits per heavy atom. The number of fused-ring (bicyclic) bond motifs is 2. The fourth-order valence-corrected chi connectivity index (χ4v) is 4.06. The number of aliphatic imine (C=N–C) groups is 1. The average molecular weight is 209 g/mol. The molecule has 0 radical (unpaired) electrons. The lowest BCUT2D eigenvalue weighted by Gasteiger charge is -2.47. The summed E-state index contributed by atoms with van der Waals surface area (Å²) in [5.74, 6) is 2.68. The first-order valence-corrected chi connectivity index (χ1v) is 6.10. The SMILES string of the molecule is CC1CC2CC(C)CC(N=C(N)N)(C1)C2. The van der Waals surface area contributed by atoms with Crippen LogP contribution in [-0.4, -0.2) is 11.5 Å². The van der Waals surface area contributed by atoms with Crippen molar-refractivity contribution in [3.05, 3.63) is 0 Å². The Bertz CT molecular complexity index is 249. The Morgan fingerprint density at radius 3 is 2.07 bits per heavy atom. The maximum absolute atomic E-state index is 5.57. The Balaban J connectivity index is 2.22. The van der Waals surface area contributed by atoms with Gasteiger partial charge >= 0.3 is 0 Å². The molecule has 2 aliphatic carbocycles. The third-order valence-corrected chi connectivity index (χ3v) is 3.96. The molecule has 0 aromatic heterocycles. The van der Waals surface area contributed by atoms with Crippen LogP contribution in [0, 0.1) is 17.8 Å². The maximum Gasteiger partial charge on any atom is 0.186 e. The van der Waals surface area contributed by atoms with Crippen LogP contribution in [0.5, 0.6) is 0 Å².